The van der Waals surface area contributed by atoms with Gasteiger partial charge in [0.25, 0.3) is 0 Å². The zero-order chi connectivity index (χ0) is 44.2. The third kappa shape index (κ3) is 40.9. The zero-order valence-corrected chi connectivity index (χ0v) is 37.4. The highest BCUT2D eigenvalue weighted by Gasteiger charge is 2.28. The van der Waals surface area contributed by atoms with Gasteiger partial charge in [-0.1, -0.05) is 142 Å². The number of carboxylic acids is 1. The first kappa shape index (κ1) is 56.1. The normalized spacial score (nSPS) is 14.7. The fraction of sp³-hybridized carbons (Fsp3) is 0.562. The van der Waals surface area contributed by atoms with E-state index in [4.69, 9.17) is 24.8 Å². The van der Waals surface area contributed by atoms with Gasteiger partial charge in [-0.05, 0) is 96.3 Å². The van der Waals surface area contributed by atoms with E-state index < -0.39 is 57.7 Å². The van der Waals surface area contributed by atoms with Crippen LogP contribution in [0, 0.1) is 0 Å². The van der Waals surface area contributed by atoms with Crippen molar-refractivity contribution in [3.05, 3.63) is 109 Å². The Bertz CT molecular complexity index is 1430. The molecule has 0 fully saturated rings. The average Bonchev–Trinajstić information content (AvgIpc) is 3.22. The lowest BCUT2D eigenvalue weighted by atomic mass is 10.1. The van der Waals surface area contributed by atoms with Gasteiger partial charge in [0.05, 0.1) is 13.2 Å². The van der Waals surface area contributed by atoms with E-state index in [-0.39, 0.29) is 12.8 Å². The molecule has 1 unspecified atom stereocenters. The van der Waals surface area contributed by atoms with E-state index in [1.807, 2.05) is 12.2 Å². The van der Waals surface area contributed by atoms with E-state index in [0.717, 1.165) is 77.0 Å². The number of aliphatic carboxylic acids is 1. The van der Waals surface area contributed by atoms with Crippen molar-refractivity contribution < 1.29 is 47.5 Å². The molecule has 338 valence electrons. The second kappa shape index (κ2) is 41.9. The molecule has 0 aromatic rings. The van der Waals surface area contributed by atoms with Crippen molar-refractivity contribution in [1.82, 2.24) is 0 Å². The lowest BCUT2D eigenvalue weighted by Gasteiger charge is -2.20. The van der Waals surface area contributed by atoms with Gasteiger partial charge in [-0.25, -0.2) is 4.57 Å². The first-order chi connectivity index (χ1) is 29.1. The number of carbonyl (C=O) groups is 3. The summed E-state index contributed by atoms with van der Waals surface area (Å²) in [6.07, 6.45) is 54.4. The number of phosphoric ester groups is 1. The summed E-state index contributed by atoms with van der Waals surface area (Å²) < 4.78 is 32.6. The highest BCUT2D eigenvalue weighted by molar-refractivity contribution is 7.47. The van der Waals surface area contributed by atoms with Crippen molar-refractivity contribution >= 4 is 25.7 Å². The number of hydrogen-bond donors (Lipinski definition) is 3. The van der Waals surface area contributed by atoms with E-state index in [2.05, 4.69) is 116 Å². The highest BCUT2D eigenvalue weighted by Crippen LogP contribution is 2.43. The minimum Gasteiger partial charge on any atom is -0.480 e. The number of carbonyl (C=O) groups excluding carboxylic acids is 2. The highest BCUT2D eigenvalue weighted by atomic mass is 31.2. The van der Waals surface area contributed by atoms with Crippen LogP contribution in [0.1, 0.15) is 142 Å². The summed E-state index contributed by atoms with van der Waals surface area (Å²) in [7, 11) is -4.75. The molecule has 0 saturated heterocycles. The Labute approximate surface area is 361 Å². The standard InChI is InChI=1S/C48H76NO10P/c1-3-5-7-9-11-13-15-17-19-21-22-24-26-28-30-32-34-36-38-40-47(51)59-44(42-57-60(54,55)58-43-45(49)48(52)53)41-56-46(50)39-37-35-33-31-29-27-25-23-20-18-16-14-12-10-8-6-4-2/h6,8,11-14,17-20,22,24-25,27-28,30-31,33,44-45H,3-5,7,9-10,15-16,21,23,26,29,32,34-43,49H2,1-2H3,(H,52,53)(H,54,55)/b8-6+,13-11+,14-12+,19-17+,20-18+,24-22+,27-25+,30-28+,33-31+/t44-,45+/m1/s1. The summed E-state index contributed by atoms with van der Waals surface area (Å²) in [6.45, 7) is 2.55. The van der Waals surface area contributed by atoms with E-state index in [9.17, 15) is 23.8 Å². The zero-order valence-electron chi connectivity index (χ0n) is 36.5. The van der Waals surface area contributed by atoms with Gasteiger partial charge in [-0.15, -0.1) is 0 Å². The second-order valence-electron chi connectivity index (χ2n) is 14.1. The van der Waals surface area contributed by atoms with Gasteiger partial charge in [-0.2, -0.15) is 0 Å². The molecule has 4 N–H and O–H groups in total. The number of hydrogen-bond acceptors (Lipinski definition) is 9. The molecule has 0 aliphatic carbocycles. The van der Waals surface area contributed by atoms with E-state index in [1.165, 1.54) is 19.3 Å². The molecule has 0 aliphatic rings. The van der Waals surface area contributed by atoms with Crippen LogP contribution in [0.4, 0.5) is 0 Å². The molecular formula is C48H76NO10P. The Morgan fingerprint density at radius 3 is 1.42 bits per heavy atom. The van der Waals surface area contributed by atoms with Crippen molar-refractivity contribution in [3.63, 3.8) is 0 Å². The number of ether oxygens (including phenoxy) is 2. The monoisotopic (exact) mass is 858 g/mol. The van der Waals surface area contributed by atoms with E-state index >= 15 is 0 Å². The Hall–Kier alpha value is -3.86. The van der Waals surface area contributed by atoms with Crippen LogP contribution >= 0.6 is 7.82 Å². The molecular weight excluding hydrogens is 781 g/mol. The molecule has 0 aromatic heterocycles. The maximum atomic E-state index is 12.6. The van der Waals surface area contributed by atoms with Crippen molar-refractivity contribution in [2.24, 2.45) is 5.73 Å². The Balaban J connectivity index is 4.55. The summed E-state index contributed by atoms with van der Waals surface area (Å²) in [6, 6.07) is -1.54. The minimum atomic E-state index is -4.75. The van der Waals surface area contributed by atoms with Crippen molar-refractivity contribution in [2.45, 2.75) is 154 Å². The quantitative estimate of drug-likeness (QED) is 0.0232. The average molecular weight is 858 g/mol. The van der Waals surface area contributed by atoms with Gasteiger partial charge >= 0.3 is 25.7 Å². The molecule has 0 saturated carbocycles. The number of nitrogens with two attached hydrogens (primary N) is 1. The number of phosphoric acid groups is 1. The molecule has 0 bridgehead atoms. The first-order valence-corrected chi connectivity index (χ1v) is 23.4. The van der Waals surface area contributed by atoms with Gasteiger partial charge in [0.1, 0.15) is 12.6 Å². The van der Waals surface area contributed by atoms with E-state index in [0.29, 0.717) is 19.3 Å². The molecule has 11 nitrogen and oxygen atoms in total. The van der Waals surface area contributed by atoms with Crippen LogP contribution in [0.25, 0.3) is 0 Å². The van der Waals surface area contributed by atoms with Crippen molar-refractivity contribution in [1.29, 1.82) is 0 Å². The Morgan fingerprint density at radius 1 is 0.533 bits per heavy atom. The van der Waals surface area contributed by atoms with Crippen molar-refractivity contribution in [3.8, 4) is 0 Å². The summed E-state index contributed by atoms with van der Waals surface area (Å²) in [4.78, 5) is 46.0. The van der Waals surface area contributed by atoms with Crippen LogP contribution in [0.15, 0.2) is 109 Å². The summed E-state index contributed by atoms with van der Waals surface area (Å²) >= 11 is 0. The van der Waals surface area contributed by atoms with Crippen LogP contribution in [0.5, 0.6) is 0 Å². The topological polar surface area (TPSA) is 172 Å². The minimum absolute atomic E-state index is 0.104. The molecule has 0 spiro atoms. The SMILES string of the molecule is CC/C=C/C/C=C/C/C=C/C/C=C/C/C=C/CCCC(=O)OC[C@H](COP(=O)(O)OC[C@H](N)C(=O)O)OC(=O)CCCCC/C=C/C/C=C/C/C=C/C/C=C/CCCCC. The molecule has 0 rings (SSSR count). The number of allylic oxidation sites excluding steroid dienone is 18. The van der Waals surface area contributed by atoms with Gasteiger partial charge in [0.2, 0.25) is 0 Å². The summed E-state index contributed by atoms with van der Waals surface area (Å²) in [5.74, 6) is -2.51. The Morgan fingerprint density at radius 2 is 0.950 bits per heavy atom. The van der Waals surface area contributed by atoms with Crippen LogP contribution in [-0.2, 0) is 37.5 Å². The molecule has 12 heteroatoms. The molecule has 0 heterocycles. The lowest BCUT2D eigenvalue weighted by Crippen LogP contribution is -2.34. The summed E-state index contributed by atoms with van der Waals surface area (Å²) in [5, 5.41) is 8.89. The van der Waals surface area contributed by atoms with Crippen LogP contribution < -0.4 is 5.73 Å². The predicted molar refractivity (Wildman–Crippen MR) is 244 cm³/mol. The van der Waals surface area contributed by atoms with Gasteiger partial charge in [0.15, 0.2) is 6.10 Å². The van der Waals surface area contributed by atoms with E-state index in [1.54, 1.807) is 0 Å². The number of esters is 2. The number of rotatable bonds is 39. The molecule has 0 aliphatic heterocycles. The largest absolute Gasteiger partial charge is 0.480 e. The first-order valence-electron chi connectivity index (χ1n) is 21.9. The fourth-order valence-corrected chi connectivity index (χ4v) is 5.86. The molecule has 0 amide bonds. The maximum absolute atomic E-state index is 12.6. The predicted octanol–water partition coefficient (Wildman–Crippen LogP) is 11.8. The molecule has 0 radical (unpaired) electrons. The third-order valence-corrected chi connectivity index (χ3v) is 9.46. The smallest absolute Gasteiger partial charge is 0.472 e. The number of carboxylic acid groups (broad SMARTS) is 1. The molecule has 0 aromatic carbocycles. The molecule has 60 heavy (non-hydrogen) atoms. The third-order valence-electron chi connectivity index (χ3n) is 8.50. The van der Waals surface area contributed by atoms with Crippen LogP contribution in [0.3, 0.4) is 0 Å². The lowest BCUT2D eigenvalue weighted by molar-refractivity contribution is -0.161. The second-order valence-corrected chi connectivity index (χ2v) is 15.5. The fourth-order valence-electron chi connectivity index (χ4n) is 5.08. The van der Waals surface area contributed by atoms with Gasteiger partial charge < -0.3 is 25.2 Å². The van der Waals surface area contributed by atoms with Crippen LogP contribution in [-0.4, -0.2) is 59.9 Å². The molecule has 3 atom stereocenters. The number of unbranched alkanes of at least 4 members (excludes halogenated alkanes) is 7. The maximum Gasteiger partial charge on any atom is 0.472 e. The van der Waals surface area contributed by atoms with Gasteiger partial charge in [0, 0.05) is 12.8 Å². The van der Waals surface area contributed by atoms with Crippen molar-refractivity contribution in [2.75, 3.05) is 19.8 Å². The van der Waals surface area contributed by atoms with Gasteiger partial charge in [-0.3, -0.25) is 23.4 Å². The Kier molecular flexibility index (Phi) is 39.2. The van der Waals surface area contributed by atoms with Crippen LogP contribution in [0.2, 0.25) is 0 Å². The summed E-state index contributed by atoms with van der Waals surface area (Å²) in [5.41, 5.74) is 5.33.